The average molecular weight is 463 g/mol. The van der Waals surface area contributed by atoms with Gasteiger partial charge in [0.15, 0.2) is 0 Å². The molecule has 0 N–H and O–H groups in total. The molecule has 2 aromatic carbocycles. The van der Waals surface area contributed by atoms with Crippen molar-refractivity contribution in [2.24, 2.45) is 5.92 Å². The maximum atomic E-state index is 13.3. The minimum absolute atomic E-state index is 0.0767. The molecule has 28 heavy (non-hydrogen) atoms. The molecule has 1 aliphatic heterocycles. The first-order valence-corrected chi connectivity index (χ1v) is 10.5. The van der Waals surface area contributed by atoms with Gasteiger partial charge in [-0.15, -0.1) is 0 Å². The van der Waals surface area contributed by atoms with E-state index in [-0.39, 0.29) is 25.7 Å². The first kappa shape index (κ1) is 21.0. The zero-order valence-corrected chi connectivity index (χ0v) is 16.8. The second kappa shape index (κ2) is 7.27. The summed E-state index contributed by atoms with van der Waals surface area (Å²) < 4.78 is 78.9. The van der Waals surface area contributed by atoms with Gasteiger partial charge in [0, 0.05) is 0 Å². The first-order valence-electron chi connectivity index (χ1n) is 8.66. The summed E-state index contributed by atoms with van der Waals surface area (Å²) in [4.78, 5) is 0.0767. The van der Waals surface area contributed by atoms with E-state index in [9.17, 15) is 26.3 Å². The molecule has 2 atom stereocenters. The third-order valence-electron chi connectivity index (χ3n) is 4.92. The summed E-state index contributed by atoms with van der Waals surface area (Å²) in [6.45, 7) is 3.79. The van der Waals surface area contributed by atoms with Crippen molar-refractivity contribution in [1.82, 2.24) is 0 Å². The second-order valence-electron chi connectivity index (χ2n) is 6.89. The van der Waals surface area contributed by atoms with Crippen LogP contribution in [0.25, 0.3) is 0 Å². The number of halogens is 6. The molecule has 1 aliphatic rings. The number of allylic oxidation sites excluding steroid dienone is 2. The number of hydrogen-bond donors (Lipinski definition) is 0. The molecule has 2 aromatic rings. The Morgan fingerprint density at radius 1 is 0.750 bits per heavy atom. The summed E-state index contributed by atoms with van der Waals surface area (Å²) >= 11 is -0.282. The Labute approximate surface area is 165 Å². The van der Waals surface area contributed by atoms with E-state index >= 15 is 0 Å². The molecular weight excluding hydrogens is 445 g/mol. The van der Waals surface area contributed by atoms with Crippen molar-refractivity contribution in [3.05, 3.63) is 82.9 Å². The second-order valence-corrected chi connectivity index (χ2v) is 10.3. The summed E-state index contributed by atoms with van der Waals surface area (Å²) in [5.74, 6) is -0.240. The number of rotatable bonds is 2. The molecule has 150 valence electrons. The maximum absolute atomic E-state index is 13.3. The van der Waals surface area contributed by atoms with Gasteiger partial charge in [-0.05, 0) is 0 Å². The first-order chi connectivity index (χ1) is 12.9. The summed E-state index contributed by atoms with van der Waals surface area (Å²) in [5.41, 5.74) is -0.765. The van der Waals surface area contributed by atoms with E-state index in [1.54, 1.807) is 12.1 Å². The molecule has 0 unspecified atom stereocenters. The van der Waals surface area contributed by atoms with Gasteiger partial charge in [0.25, 0.3) is 0 Å². The Bertz CT molecular complexity index is 823. The van der Waals surface area contributed by atoms with Gasteiger partial charge in [-0.1, -0.05) is 0 Å². The number of benzene rings is 2. The van der Waals surface area contributed by atoms with Crippen molar-refractivity contribution in [3.8, 4) is 0 Å². The topological polar surface area (TPSA) is 0 Å². The van der Waals surface area contributed by atoms with Gasteiger partial charge in [-0.2, -0.15) is 0 Å². The molecule has 7 heteroatoms. The molecule has 0 aliphatic carbocycles. The van der Waals surface area contributed by atoms with Crippen molar-refractivity contribution in [2.45, 2.75) is 35.3 Å². The molecule has 0 bridgehead atoms. The van der Waals surface area contributed by atoms with Gasteiger partial charge >= 0.3 is 165 Å². The third kappa shape index (κ3) is 3.87. The van der Waals surface area contributed by atoms with Crippen LogP contribution in [0.2, 0.25) is 4.82 Å². The molecule has 0 spiro atoms. The summed E-state index contributed by atoms with van der Waals surface area (Å²) in [6.07, 6.45) is -5.14. The van der Waals surface area contributed by atoms with E-state index in [1.807, 2.05) is 26.0 Å². The van der Waals surface area contributed by atoms with E-state index in [1.165, 1.54) is 12.1 Å². The van der Waals surface area contributed by atoms with Gasteiger partial charge in [0.05, 0.1) is 0 Å². The van der Waals surface area contributed by atoms with E-state index in [2.05, 4.69) is 0 Å². The zero-order chi connectivity index (χ0) is 20.7. The SMILES string of the molecule is C[C@@H]1C=C[C@H](C)[Se]C1(c1cccc(C(F)(F)F)c1)c1cccc(C(F)(F)F)c1. The molecular formula is C21H18F6Se. The van der Waals surface area contributed by atoms with Crippen molar-refractivity contribution in [2.75, 3.05) is 0 Å². The molecule has 0 amide bonds. The fraction of sp³-hybridized carbons (Fsp3) is 0.333. The molecule has 1 heterocycles. The van der Waals surface area contributed by atoms with Crippen LogP contribution in [0.4, 0.5) is 26.3 Å². The van der Waals surface area contributed by atoms with Gasteiger partial charge in [-0.3, -0.25) is 0 Å². The van der Waals surface area contributed by atoms with Gasteiger partial charge in [-0.25, -0.2) is 0 Å². The predicted octanol–water partition coefficient (Wildman–Crippen LogP) is 6.69. The van der Waals surface area contributed by atoms with E-state index < -0.39 is 27.8 Å². The Kier molecular flexibility index (Phi) is 5.45. The zero-order valence-electron chi connectivity index (χ0n) is 15.1. The molecule has 0 aromatic heterocycles. The Morgan fingerprint density at radius 2 is 1.21 bits per heavy atom. The molecule has 0 fully saturated rings. The Morgan fingerprint density at radius 3 is 1.64 bits per heavy atom. The van der Waals surface area contributed by atoms with Crippen molar-refractivity contribution in [1.29, 1.82) is 0 Å². The van der Waals surface area contributed by atoms with Crippen LogP contribution in [-0.2, 0) is 16.7 Å². The van der Waals surface area contributed by atoms with Gasteiger partial charge in [0.1, 0.15) is 0 Å². The monoisotopic (exact) mass is 464 g/mol. The quantitative estimate of drug-likeness (QED) is 0.265. The summed E-state index contributed by atoms with van der Waals surface area (Å²) in [6, 6.07) is 10.0. The predicted molar refractivity (Wildman–Crippen MR) is 97.2 cm³/mol. The fourth-order valence-corrected chi connectivity index (χ4v) is 6.88. The van der Waals surface area contributed by atoms with Crippen LogP contribution in [0.1, 0.15) is 36.1 Å². The van der Waals surface area contributed by atoms with Crippen LogP contribution in [0, 0.1) is 5.92 Å². The standard InChI is InChI=1S/C21H18F6Se/c1-13-9-10-14(2)28-19(13,15-5-3-7-17(11-15)20(22,23)24)16-6-4-8-18(12-16)21(25,26)27/h3-14H,1-2H3/t13-,14+/m1/s1. The van der Waals surface area contributed by atoms with E-state index in [4.69, 9.17) is 0 Å². The number of hydrogen-bond acceptors (Lipinski definition) is 0. The molecule has 0 radical (unpaired) electrons. The molecule has 3 rings (SSSR count). The average Bonchev–Trinajstić information content (AvgIpc) is 2.62. The van der Waals surface area contributed by atoms with E-state index in [0.717, 1.165) is 24.3 Å². The van der Waals surface area contributed by atoms with Crippen molar-refractivity contribution in [3.63, 3.8) is 0 Å². The van der Waals surface area contributed by atoms with Crippen LogP contribution < -0.4 is 0 Å². The fourth-order valence-electron chi connectivity index (χ4n) is 3.58. The molecule has 0 saturated heterocycles. The van der Waals surface area contributed by atoms with Gasteiger partial charge < -0.3 is 0 Å². The van der Waals surface area contributed by atoms with Crippen LogP contribution in [-0.4, -0.2) is 15.0 Å². The van der Waals surface area contributed by atoms with Gasteiger partial charge in [0.2, 0.25) is 0 Å². The third-order valence-corrected chi connectivity index (χ3v) is 8.58. The van der Waals surface area contributed by atoms with Crippen molar-refractivity contribution < 1.29 is 26.3 Å². The molecule has 0 saturated carbocycles. The normalized spacial score (nSPS) is 22.3. The Hall–Kier alpha value is -1.72. The van der Waals surface area contributed by atoms with Crippen LogP contribution in [0.15, 0.2) is 60.7 Å². The van der Waals surface area contributed by atoms with Crippen LogP contribution in [0.5, 0.6) is 0 Å². The summed E-state index contributed by atoms with van der Waals surface area (Å²) in [7, 11) is 0. The van der Waals surface area contributed by atoms with Crippen molar-refractivity contribution >= 4 is 15.0 Å². The van der Waals surface area contributed by atoms with E-state index in [0.29, 0.717) is 11.1 Å². The minimum atomic E-state index is -4.52. The molecule has 0 nitrogen and oxygen atoms in total. The number of alkyl halides is 6. The van der Waals surface area contributed by atoms with Crippen LogP contribution >= 0.6 is 0 Å². The van der Waals surface area contributed by atoms with Crippen LogP contribution in [0.3, 0.4) is 0 Å². The Balaban J connectivity index is 2.26. The summed E-state index contributed by atoms with van der Waals surface area (Å²) in [5, 5.41) is 0.